The molecule has 0 heterocycles. The van der Waals surface area contributed by atoms with E-state index in [0.717, 1.165) is 11.6 Å². The van der Waals surface area contributed by atoms with E-state index in [1.54, 1.807) is 0 Å². The number of halogens is 2. The first-order valence-corrected chi connectivity index (χ1v) is 8.03. The smallest absolute Gasteiger partial charge is 0.331 e. The van der Waals surface area contributed by atoms with E-state index in [4.69, 9.17) is 16.3 Å². The van der Waals surface area contributed by atoms with E-state index in [9.17, 15) is 14.0 Å². The Kier molecular flexibility index (Phi) is 7.16. The first-order chi connectivity index (χ1) is 12.0. The maximum absolute atomic E-state index is 13.0. The number of hydrogen-bond donors (Lipinski definition) is 1. The molecule has 0 spiro atoms. The van der Waals surface area contributed by atoms with Crippen molar-refractivity contribution in [2.45, 2.75) is 6.42 Å². The molecule has 2 rings (SSSR count). The van der Waals surface area contributed by atoms with Gasteiger partial charge in [-0.25, -0.2) is 9.18 Å². The summed E-state index contributed by atoms with van der Waals surface area (Å²) in [4.78, 5) is 23.2. The quantitative estimate of drug-likeness (QED) is 0.607. The maximum atomic E-state index is 13.0. The van der Waals surface area contributed by atoms with E-state index >= 15 is 0 Å². The second-order valence-corrected chi connectivity index (χ2v) is 5.61. The van der Waals surface area contributed by atoms with Gasteiger partial charge in [-0.1, -0.05) is 48.0 Å². The first kappa shape index (κ1) is 18.7. The molecule has 0 saturated carbocycles. The van der Waals surface area contributed by atoms with Crippen molar-refractivity contribution < 1.29 is 18.7 Å². The summed E-state index contributed by atoms with van der Waals surface area (Å²) in [6, 6.07) is 13.8. The lowest BCUT2D eigenvalue weighted by Crippen LogP contribution is -2.30. The summed E-state index contributed by atoms with van der Waals surface area (Å²) in [6.07, 6.45) is 3.29. The molecule has 0 bridgehead atoms. The molecule has 0 fully saturated rings. The zero-order valence-corrected chi connectivity index (χ0v) is 14.1. The van der Waals surface area contributed by atoms with Gasteiger partial charge in [-0.05, 0) is 35.8 Å². The van der Waals surface area contributed by atoms with Crippen LogP contribution in [-0.4, -0.2) is 25.0 Å². The fourth-order valence-electron chi connectivity index (χ4n) is 2.01. The molecule has 0 aliphatic carbocycles. The van der Waals surface area contributed by atoms with Crippen LogP contribution in [0.3, 0.4) is 0 Å². The molecule has 0 saturated heterocycles. The van der Waals surface area contributed by atoms with Crippen LogP contribution in [0.2, 0.25) is 5.02 Å². The third-order valence-electron chi connectivity index (χ3n) is 3.28. The summed E-state index contributed by atoms with van der Waals surface area (Å²) in [6.45, 7) is 0.104. The third kappa shape index (κ3) is 6.77. The van der Waals surface area contributed by atoms with Gasteiger partial charge in [-0.3, -0.25) is 4.79 Å². The molecule has 1 amide bonds. The maximum Gasteiger partial charge on any atom is 0.331 e. The van der Waals surface area contributed by atoms with Gasteiger partial charge in [0.15, 0.2) is 6.61 Å². The number of carbonyl (C=O) groups is 2. The van der Waals surface area contributed by atoms with E-state index in [-0.39, 0.29) is 17.5 Å². The normalized spacial score (nSPS) is 10.6. The minimum atomic E-state index is -0.668. The fourth-order valence-corrected chi connectivity index (χ4v) is 2.20. The highest BCUT2D eigenvalue weighted by molar-refractivity contribution is 6.30. The summed E-state index contributed by atoms with van der Waals surface area (Å²) >= 11 is 5.65. The average molecular weight is 362 g/mol. The lowest BCUT2D eigenvalue weighted by Gasteiger charge is -2.05. The van der Waals surface area contributed by atoms with Crippen LogP contribution in [0.1, 0.15) is 11.1 Å². The summed E-state index contributed by atoms with van der Waals surface area (Å²) in [5.74, 6) is -1.57. The lowest BCUT2D eigenvalue weighted by atomic mass is 10.1. The second-order valence-electron chi connectivity index (χ2n) is 5.20. The molecule has 0 aromatic heterocycles. The molecule has 0 atom stereocenters. The number of ether oxygens (including phenoxy) is 1. The summed E-state index contributed by atoms with van der Waals surface area (Å²) in [7, 11) is 0. The Balaban J connectivity index is 1.69. The van der Waals surface area contributed by atoms with Crippen molar-refractivity contribution in [1.29, 1.82) is 0 Å². The standard InChI is InChI=1S/C19H17ClFNO3/c20-16-12-15(6-8-17(16)21)7-9-19(24)25-13-18(23)22-11-10-14-4-2-1-3-5-14/h1-9,12H,10-11,13H2,(H,22,23)/b9-7+. The van der Waals surface area contributed by atoms with Gasteiger partial charge >= 0.3 is 5.97 Å². The summed E-state index contributed by atoms with van der Waals surface area (Å²) < 4.78 is 17.9. The van der Waals surface area contributed by atoms with Gasteiger partial charge in [0.05, 0.1) is 5.02 Å². The van der Waals surface area contributed by atoms with Crippen LogP contribution in [0, 0.1) is 5.82 Å². The van der Waals surface area contributed by atoms with Gasteiger partial charge in [0.1, 0.15) is 5.82 Å². The minimum absolute atomic E-state index is 0.0340. The number of hydrogen-bond acceptors (Lipinski definition) is 3. The first-order valence-electron chi connectivity index (χ1n) is 7.65. The van der Waals surface area contributed by atoms with Crippen LogP contribution in [0.5, 0.6) is 0 Å². The van der Waals surface area contributed by atoms with E-state index < -0.39 is 11.8 Å². The lowest BCUT2D eigenvalue weighted by molar-refractivity contribution is -0.143. The zero-order chi connectivity index (χ0) is 18.1. The molecule has 0 unspecified atom stereocenters. The molecular weight excluding hydrogens is 345 g/mol. The van der Waals surface area contributed by atoms with Gasteiger partial charge in [-0.2, -0.15) is 0 Å². The Morgan fingerprint density at radius 3 is 2.64 bits per heavy atom. The minimum Gasteiger partial charge on any atom is -0.452 e. The molecule has 6 heteroatoms. The number of benzene rings is 2. The Labute approximate surface area is 150 Å². The molecule has 25 heavy (non-hydrogen) atoms. The van der Waals surface area contributed by atoms with Crippen molar-refractivity contribution in [1.82, 2.24) is 5.32 Å². The third-order valence-corrected chi connectivity index (χ3v) is 3.57. The van der Waals surface area contributed by atoms with Gasteiger partial charge in [0.2, 0.25) is 0 Å². The Morgan fingerprint density at radius 2 is 1.92 bits per heavy atom. The summed E-state index contributed by atoms with van der Waals surface area (Å²) in [5, 5.41) is 2.64. The molecule has 2 aromatic rings. The Hall–Kier alpha value is -2.66. The molecule has 0 aliphatic heterocycles. The van der Waals surface area contributed by atoms with Crippen molar-refractivity contribution >= 4 is 29.6 Å². The topological polar surface area (TPSA) is 55.4 Å². The zero-order valence-electron chi connectivity index (χ0n) is 13.4. The molecule has 0 radical (unpaired) electrons. The van der Waals surface area contributed by atoms with Crippen molar-refractivity contribution in [2.24, 2.45) is 0 Å². The van der Waals surface area contributed by atoms with Crippen molar-refractivity contribution in [3.05, 3.63) is 76.6 Å². The Morgan fingerprint density at radius 1 is 1.16 bits per heavy atom. The van der Waals surface area contributed by atoms with Crippen molar-refractivity contribution in [3.63, 3.8) is 0 Å². The van der Waals surface area contributed by atoms with Crippen molar-refractivity contribution in [2.75, 3.05) is 13.2 Å². The van der Waals surface area contributed by atoms with Crippen LogP contribution in [0.15, 0.2) is 54.6 Å². The molecule has 4 nitrogen and oxygen atoms in total. The molecule has 130 valence electrons. The predicted molar refractivity (Wildman–Crippen MR) is 94.6 cm³/mol. The molecular formula is C19H17ClFNO3. The highest BCUT2D eigenvalue weighted by Crippen LogP contribution is 2.16. The highest BCUT2D eigenvalue weighted by atomic mass is 35.5. The van der Waals surface area contributed by atoms with Crippen LogP contribution < -0.4 is 5.32 Å². The monoisotopic (exact) mass is 361 g/mol. The Bertz CT molecular complexity index is 763. The van der Waals surface area contributed by atoms with Crippen LogP contribution >= 0.6 is 11.6 Å². The number of nitrogens with one attached hydrogen (secondary N) is 1. The highest BCUT2D eigenvalue weighted by Gasteiger charge is 2.05. The van der Waals surface area contributed by atoms with Crippen LogP contribution in [-0.2, 0) is 20.7 Å². The van der Waals surface area contributed by atoms with Crippen LogP contribution in [0.4, 0.5) is 4.39 Å². The number of rotatable bonds is 7. The number of carbonyl (C=O) groups excluding carboxylic acids is 2. The van der Waals surface area contributed by atoms with Crippen molar-refractivity contribution in [3.8, 4) is 0 Å². The second kappa shape index (κ2) is 9.59. The van der Waals surface area contributed by atoms with E-state index in [1.807, 2.05) is 30.3 Å². The van der Waals surface area contributed by atoms with E-state index in [1.165, 1.54) is 24.3 Å². The molecule has 1 N–H and O–H groups in total. The van der Waals surface area contributed by atoms with Gasteiger partial charge < -0.3 is 10.1 Å². The fraction of sp³-hybridized carbons (Fsp3) is 0.158. The SMILES string of the molecule is O=C(COC(=O)/C=C/c1ccc(F)c(Cl)c1)NCCc1ccccc1. The summed E-state index contributed by atoms with van der Waals surface area (Å²) in [5.41, 5.74) is 1.66. The van der Waals surface area contributed by atoms with E-state index in [2.05, 4.69) is 5.32 Å². The molecule has 2 aromatic carbocycles. The largest absolute Gasteiger partial charge is 0.452 e. The molecule has 0 aliphatic rings. The number of amides is 1. The van der Waals surface area contributed by atoms with E-state index in [0.29, 0.717) is 18.5 Å². The number of esters is 1. The van der Waals surface area contributed by atoms with Gasteiger partial charge in [-0.15, -0.1) is 0 Å². The predicted octanol–water partition coefficient (Wildman–Crippen LogP) is 3.39. The average Bonchev–Trinajstić information content (AvgIpc) is 2.62. The van der Waals surface area contributed by atoms with Crippen LogP contribution in [0.25, 0.3) is 6.08 Å². The van der Waals surface area contributed by atoms with Gasteiger partial charge in [0, 0.05) is 12.6 Å². The van der Waals surface area contributed by atoms with Gasteiger partial charge in [0.25, 0.3) is 5.91 Å².